The van der Waals surface area contributed by atoms with Crippen LogP contribution in [0.25, 0.3) is 26.4 Å². The van der Waals surface area contributed by atoms with Crippen molar-refractivity contribution >= 4 is 26.5 Å². The highest BCUT2D eigenvalue weighted by atomic mass is 32.1. The molecule has 0 fully saturated rings. The van der Waals surface area contributed by atoms with E-state index in [0.717, 1.165) is 22.6 Å². The third-order valence-corrected chi connectivity index (χ3v) is 5.23. The lowest BCUT2D eigenvalue weighted by Crippen LogP contribution is -2.14. The van der Waals surface area contributed by atoms with E-state index in [0.29, 0.717) is 5.56 Å². The van der Waals surface area contributed by atoms with Crippen molar-refractivity contribution in [3.05, 3.63) is 70.0 Å². The van der Waals surface area contributed by atoms with Gasteiger partial charge in [-0.05, 0) is 30.5 Å². The van der Waals surface area contributed by atoms with Gasteiger partial charge < -0.3 is 0 Å². The van der Waals surface area contributed by atoms with Gasteiger partial charge in [-0.15, -0.1) is 0 Å². The molecule has 2 aromatic carbocycles. The summed E-state index contributed by atoms with van der Waals surface area (Å²) in [6.45, 7) is 4.02. The molecule has 23 heavy (non-hydrogen) atoms. The van der Waals surface area contributed by atoms with E-state index in [4.69, 9.17) is 0 Å². The molecule has 0 saturated carbocycles. The van der Waals surface area contributed by atoms with Gasteiger partial charge in [-0.3, -0.25) is 9.20 Å². The number of para-hydroxylation sites is 1. The van der Waals surface area contributed by atoms with Gasteiger partial charge in [0.2, 0.25) is 0 Å². The second-order valence-corrected chi connectivity index (χ2v) is 6.60. The van der Waals surface area contributed by atoms with Crippen LogP contribution >= 0.6 is 11.3 Å². The molecule has 0 bridgehead atoms. The van der Waals surface area contributed by atoms with Crippen LogP contribution in [0.1, 0.15) is 18.1 Å². The maximum atomic E-state index is 12.3. The molecule has 0 aliphatic carbocycles. The van der Waals surface area contributed by atoms with Crippen LogP contribution in [0.2, 0.25) is 0 Å². The number of rotatable bonds is 2. The fourth-order valence-electron chi connectivity index (χ4n) is 3.09. The summed E-state index contributed by atoms with van der Waals surface area (Å²) in [4.78, 5) is 17.4. The van der Waals surface area contributed by atoms with Gasteiger partial charge in [0, 0.05) is 5.56 Å². The lowest BCUT2D eigenvalue weighted by Gasteiger charge is -2.11. The monoisotopic (exact) mass is 320 g/mol. The average molecular weight is 320 g/mol. The quantitative estimate of drug-likeness (QED) is 0.547. The Labute approximate surface area is 137 Å². The van der Waals surface area contributed by atoms with Crippen molar-refractivity contribution in [3.8, 4) is 11.3 Å². The van der Waals surface area contributed by atoms with Crippen LogP contribution in [0.5, 0.6) is 0 Å². The molecular weight excluding hydrogens is 304 g/mol. The van der Waals surface area contributed by atoms with Crippen molar-refractivity contribution in [1.29, 1.82) is 0 Å². The smallest absolute Gasteiger partial charge is 0.277 e. The summed E-state index contributed by atoms with van der Waals surface area (Å²) in [6.07, 6.45) is 0.947. The van der Waals surface area contributed by atoms with Crippen LogP contribution in [0.4, 0.5) is 0 Å². The van der Waals surface area contributed by atoms with E-state index in [2.05, 4.69) is 34.5 Å². The molecular formula is C19H16N2OS. The first-order chi connectivity index (χ1) is 11.2. The van der Waals surface area contributed by atoms with Crippen LogP contribution in [0.15, 0.2) is 53.3 Å². The van der Waals surface area contributed by atoms with Gasteiger partial charge in [-0.25, -0.2) is 0 Å². The van der Waals surface area contributed by atoms with Gasteiger partial charge in [0.1, 0.15) is 0 Å². The van der Waals surface area contributed by atoms with Gasteiger partial charge in [-0.1, -0.05) is 60.7 Å². The largest absolute Gasteiger partial charge is 0.284 e. The van der Waals surface area contributed by atoms with Crippen molar-refractivity contribution in [2.75, 3.05) is 0 Å². The van der Waals surface area contributed by atoms with E-state index in [1.54, 1.807) is 11.3 Å². The van der Waals surface area contributed by atoms with Crippen molar-refractivity contribution in [2.24, 2.45) is 0 Å². The number of thiazole rings is 1. The SMILES string of the molecule is CCc1cccc2sc3nc(=O)c(C)c(-c4ccccc4)n3c12. The van der Waals surface area contributed by atoms with Crippen molar-refractivity contribution in [3.63, 3.8) is 0 Å². The Morgan fingerprint density at radius 3 is 2.61 bits per heavy atom. The first kappa shape index (κ1) is 14.2. The highest BCUT2D eigenvalue weighted by molar-refractivity contribution is 7.23. The summed E-state index contributed by atoms with van der Waals surface area (Å²) in [6, 6.07) is 16.4. The first-order valence-electron chi connectivity index (χ1n) is 7.70. The fraction of sp³-hybridized carbons (Fsp3) is 0.158. The highest BCUT2D eigenvalue weighted by Crippen LogP contribution is 2.33. The van der Waals surface area contributed by atoms with Crippen LogP contribution in [-0.2, 0) is 6.42 Å². The summed E-state index contributed by atoms with van der Waals surface area (Å²) in [5.74, 6) is 0. The minimum atomic E-state index is -0.145. The Morgan fingerprint density at radius 2 is 1.87 bits per heavy atom. The number of aryl methyl sites for hydroxylation is 1. The number of aromatic nitrogens is 2. The van der Waals surface area contributed by atoms with Gasteiger partial charge in [0.25, 0.3) is 5.56 Å². The number of nitrogens with zero attached hydrogens (tertiary/aromatic N) is 2. The Hall–Kier alpha value is -2.46. The molecule has 4 aromatic rings. The van der Waals surface area contributed by atoms with Crippen LogP contribution in [0, 0.1) is 6.92 Å². The minimum Gasteiger partial charge on any atom is -0.284 e. The molecule has 0 aliphatic rings. The lowest BCUT2D eigenvalue weighted by molar-refractivity contribution is 1.08. The average Bonchev–Trinajstić information content (AvgIpc) is 2.94. The maximum absolute atomic E-state index is 12.3. The van der Waals surface area contributed by atoms with E-state index in [1.165, 1.54) is 15.8 Å². The number of hydrogen-bond donors (Lipinski definition) is 0. The Morgan fingerprint density at radius 1 is 1.09 bits per heavy atom. The second-order valence-electron chi connectivity index (χ2n) is 5.59. The summed E-state index contributed by atoms with van der Waals surface area (Å²) >= 11 is 1.57. The lowest BCUT2D eigenvalue weighted by atomic mass is 10.1. The Bertz CT molecular complexity index is 1080. The maximum Gasteiger partial charge on any atom is 0.277 e. The van der Waals surface area contributed by atoms with Gasteiger partial charge in [0.15, 0.2) is 4.96 Å². The molecule has 0 atom stereocenters. The Balaban J connectivity index is 2.28. The molecule has 4 rings (SSSR count). The summed E-state index contributed by atoms with van der Waals surface area (Å²) < 4.78 is 3.32. The van der Waals surface area contributed by atoms with Crippen LogP contribution in [-0.4, -0.2) is 9.38 Å². The molecule has 2 aromatic heterocycles. The van der Waals surface area contributed by atoms with E-state index < -0.39 is 0 Å². The zero-order chi connectivity index (χ0) is 16.0. The van der Waals surface area contributed by atoms with Gasteiger partial charge in [0.05, 0.1) is 15.9 Å². The predicted molar refractivity (Wildman–Crippen MR) is 96.4 cm³/mol. The number of benzene rings is 2. The molecule has 3 nitrogen and oxygen atoms in total. The highest BCUT2D eigenvalue weighted by Gasteiger charge is 2.17. The van der Waals surface area contributed by atoms with Gasteiger partial charge in [-0.2, -0.15) is 4.98 Å². The molecule has 0 spiro atoms. The minimum absolute atomic E-state index is 0.145. The number of fused-ring (bicyclic) bond motifs is 3. The third-order valence-electron chi connectivity index (χ3n) is 4.22. The van der Waals surface area contributed by atoms with Crippen LogP contribution in [0.3, 0.4) is 0 Å². The first-order valence-corrected chi connectivity index (χ1v) is 8.51. The second kappa shape index (κ2) is 5.32. The van der Waals surface area contributed by atoms with E-state index in [1.807, 2.05) is 37.3 Å². The summed E-state index contributed by atoms with van der Waals surface area (Å²) in [5, 5.41) is 0. The van der Waals surface area contributed by atoms with Gasteiger partial charge >= 0.3 is 0 Å². The standard InChI is InChI=1S/C19H16N2OS/c1-3-13-10-7-11-15-17(13)21-16(14-8-5-4-6-9-14)12(2)18(22)20-19(21)23-15/h4-11H,3H2,1-2H3. The topological polar surface area (TPSA) is 34.4 Å². The van der Waals surface area contributed by atoms with Crippen molar-refractivity contribution in [1.82, 2.24) is 9.38 Å². The Kier molecular flexibility index (Phi) is 3.27. The molecule has 4 heteroatoms. The molecule has 0 amide bonds. The molecule has 114 valence electrons. The van der Waals surface area contributed by atoms with E-state index in [-0.39, 0.29) is 5.56 Å². The summed E-state index contributed by atoms with van der Waals surface area (Å²) in [7, 11) is 0. The fourth-order valence-corrected chi connectivity index (χ4v) is 4.16. The zero-order valence-electron chi connectivity index (χ0n) is 13.0. The number of hydrogen-bond acceptors (Lipinski definition) is 3. The molecule has 0 aliphatic heterocycles. The third kappa shape index (κ3) is 2.10. The molecule has 0 radical (unpaired) electrons. The summed E-state index contributed by atoms with van der Waals surface area (Å²) in [5.41, 5.74) is 4.99. The molecule has 0 saturated heterocycles. The molecule has 0 unspecified atom stereocenters. The van der Waals surface area contributed by atoms with Crippen molar-refractivity contribution in [2.45, 2.75) is 20.3 Å². The van der Waals surface area contributed by atoms with Crippen molar-refractivity contribution < 1.29 is 0 Å². The predicted octanol–water partition coefficient (Wildman–Crippen LogP) is 4.45. The normalized spacial score (nSPS) is 11.4. The molecule has 0 N–H and O–H groups in total. The van der Waals surface area contributed by atoms with E-state index >= 15 is 0 Å². The van der Waals surface area contributed by atoms with E-state index in [9.17, 15) is 4.79 Å². The van der Waals surface area contributed by atoms with Crippen LogP contribution < -0.4 is 5.56 Å². The molecule has 2 heterocycles. The zero-order valence-corrected chi connectivity index (χ0v) is 13.9.